The Morgan fingerprint density at radius 1 is 0.973 bits per heavy atom. The van der Waals surface area contributed by atoms with Crippen LogP contribution >= 0.6 is 0 Å². The molecule has 37 heavy (non-hydrogen) atoms. The highest BCUT2D eigenvalue weighted by molar-refractivity contribution is 5.93. The summed E-state index contributed by atoms with van der Waals surface area (Å²) in [5.41, 5.74) is 1.70. The molecule has 9 heteroatoms. The van der Waals surface area contributed by atoms with Gasteiger partial charge >= 0.3 is 6.36 Å². The van der Waals surface area contributed by atoms with Gasteiger partial charge < -0.3 is 19.9 Å². The number of nitrogens with one attached hydrogen (secondary N) is 2. The normalized spacial score (nSPS) is 14.5. The summed E-state index contributed by atoms with van der Waals surface area (Å²) in [5.74, 6) is -0.564. The zero-order valence-electron chi connectivity index (χ0n) is 21.6. The van der Waals surface area contributed by atoms with Crippen LogP contribution in [-0.2, 0) is 21.5 Å². The predicted octanol–water partition coefficient (Wildman–Crippen LogP) is 5.68. The number of alkyl halides is 3. The zero-order chi connectivity index (χ0) is 27.2. The first-order valence-corrected chi connectivity index (χ1v) is 12.2. The summed E-state index contributed by atoms with van der Waals surface area (Å²) in [7, 11) is 0. The Morgan fingerprint density at radius 2 is 1.62 bits per heavy atom. The van der Waals surface area contributed by atoms with Gasteiger partial charge in [0.1, 0.15) is 12.3 Å². The van der Waals surface area contributed by atoms with Gasteiger partial charge in [-0.2, -0.15) is 0 Å². The Kier molecular flexibility index (Phi) is 6.77. The third kappa shape index (κ3) is 6.45. The number of hydrogen-bond donors (Lipinski definition) is 2. The monoisotopic (exact) mass is 515 g/mol. The summed E-state index contributed by atoms with van der Waals surface area (Å²) in [6, 6.07) is 13.4. The number of halogens is 3. The van der Waals surface area contributed by atoms with E-state index in [0.29, 0.717) is 11.3 Å². The van der Waals surface area contributed by atoms with Gasteiger partial charge in [-0.15, -0.1) is 13.2 Å². The van der Waals surface area contributed by atoms with Crippen LogP contribution in [0.1, 0.15) is 53.0 Å². The Labute approximate surface area is 214 Å². The Hall–Kier alpha value is -3.49. The number of fused-ring (bicyclic) bond motifs is 1. The number of nitrogens with zero attached hydrogens (tertiary/aromatic N) is 1. The van der Waals surface area contributed by atoms with Crippen molar-refractivity contribution in [3.8, 4) is 17.0 Å². The molecule has 1 saturated carbocycles. The van der Waals surface area contributed by atoms with Gasteiger partial charge in [0.15, 0.2) is 0 Å². The minimum absolute atomic E-state index is 0.0157. The van der Waals surface area contributed by atoms with Crippen molar-refractivity contribution in [3.63, 3.8) is 0 Å². The van der Waals surface area contributed by atoms with Crippen LogP contribution in [0.5, 0.6) is 5.75 Å². The molecule has 4 rings (SSSR count). The zero-order valence-corrected chi connectivity index (χ0v) is 21.6. The number of carbonyl (C=O) groups excluding carboxylic acids is 2. The molecule has 198 valence electrons. The Morgan fingerprint density at radius 3 is 2.19 bits per heavy atom. The van der Waals surface area contributed by atoms with Gasteiger partial charge in [-0.1, -0.05) is 6.07 Å². The van der Waals surface area contributed by atoms with Crippen LogP contribution in [0.4, 0.5) is 13.2 Å². The SMILES string of the molecule is CC(C)(C)NC(=O)Cn1c(-c2ccc(OC(F)(F)F)cc2)cc2cc(C(C)(C)C(=O)NC3CC3)ccc21. The molecule has 0 atom stereocenters. The molecule has 1 fully saturated rings. The van der Waals surface area contributed by atoms with Gasteiger partial charge in [0.05, 0.1) is 5.41 Å². The molecule has 1 aliphatic carbocycles. The summed E-state index contributed by atoms with van der Waals surface area (Å²) in [6.45, 7) is 9.43. The fourth-order valence-electron chi connectivity index (χ4n) is 4.22. The number of hydrogen-bond acceptors (Lipinski definition) is 3. The van der Waals surface area contributed by atoms with Crippen LogP contribution in [0.15, 0.2) is 48.5 Å². The van der Waals surface area contributed by atoms with E-state index >= 15 is 0 Å². The second-order valence-electron chi connectivity index (χ2n) is 11.1. The largest absolute Gasteiger partial charge is 0.573 e. The van der Waals surface area contributed by atoms with E-state index in [1.54, 1.807) is 0 Å². The molecule has 0 unspecified atom stereocenters. The predicted molar refractivity (Wildman–Crippen MR) is 136 cm³/mol. The Bertz CT molecular complexity index is 1310. The minimum atomic E-state index is -4.78. The minimum Gasteiger partial charge on any atom is -0.406 e. The summed E-state index contributed by atoms with van der Waals surface area (Å²) in [4.78, 5) is 25.8. The maximum absolute atomic E-state index is 12.9. The van der Waals surface area contributed by atoms with E-state index in [0.717, 1.165) is 29.3 Å². The van der Waals surface area contributed by atoms with E-state index in [2.05, 4.69) is 15.4 Å². The average molecular weight is 516 g/mol. The maximum atomic E-state index is 12.9. The molecule has 1 aromatic heterocycles. The van der Waals surface area contributed by atoms with Crippen LogP contribution in [0, 0.1) is 0 Å². The van der Waals surface area contributed by atoms with Crippen molar-refractivity contribution in [1.29, 1.82) is 0 Å². The molecule has 3 aromatic rings. The lowest BCUT2D eigenvalue weighted by molar-refractivity contribution is -0.274. The van der Waals surface area contributed by atoms with Gasteiger partial charge in [0, 0.05) is 28.2 Å². The summed E-state index contributed by atoms with van der Waals surface area (Å²) in [5, 5.41) is 6.83. The molecule has 2 amide bonds. The number of amides is 2. The molecule has 0 saturated heterocycles. The number of carbonyl (C=O) groups is 2. The summed E-state index contributed by atoms with van der Waals surface area (Å²) in [6.07, 6.45) is -2.79. The molecule has 0 aliphatic heterocycles. The van der Waals surface area contributed by atoms with Gasteiger partial charge in [-0.05, 0) is 101 Å². The highest BCUT2D eigenvalue weighted by Gasteiger charge is 2.34. The van der Waals surface area contributed by atoms with Crippen LogP contribution in [0.2, 0.25) is 0 Å². The summed E-state index contributed by atoms with van der Waals surface area (Å²) < 4.78 is 43.7. The number of ether oxygens (including phenoxy) is 1. The standard InChI is InChI=1S/C28H32F3N3O3/c1-26(2,3)33-24(35)16-34-22-13-8-19(27(4,5)25(36)32-20-9-10-20)14-18(22)15-23(34)17-6-11-21(12-7-17)37-28(29,30)31/h6-8,11-15,20H,9-10,16H2,1-5H3,(H,32,36)(H,33,35). The van der Waals surface area contributed by atoms with E-state index in [1.807, 2.05) is 63.5 Å². The van der Waals surface area contributed by atoms with Crippen LogP contribution in [-0.4, -0.2) is 34.3 Å². The average Bonchev–Trinajstić information content (AvgIpc) is 3.51. The van der Waals surface area contributed by atoms with Crippen molar-refractivity contribution < 1.29 is 27.5 Å². The van der Waals surface area contributed by atoms with Crippen molar-refractivity contribution in [2.75, 3.05) is 0 Å². The first kappa shape index (κ1) is 26.6. The molecule has 0 bridgehead atoms. The number of benzene rings is 2. The lowest BCUT2D eigenvalue weighted by atomic mass is 9.83. The van der Waals surface area contributed by atoms with Crippen molar-refractivity contribution >= 4 is 22.7 Å². The van der Waals surface area contributed by atoms with Gasteiger partial charge in [0.25, 0.3) is 0 Å². The van der Waals surface area contributed by atoms with E-state index in [-0.39, 0.29) is 30.2 Å². The molecule has 1 heterocycles. The van der Waals surface area contributed by atoms with Gasteiger partial charge in [-0.3, -0.25) is 9.59 Å². The quantitative estimate of drug-likeness (QED) is 0.425. The molecular weight excluding hydrogens is 483 g/mol. The van der Waals surface area contributed by atoms with Crippen LogP contribution in [0.25, 0.3) is 22.2 Å². The van der Waals surface area contributed by atoms with E-state index in [9.17, 15) is 22.8 Å². The lowest BCUT2D eigenvalue weighted by Crippen LogP contribution is -2.42. The van der Waals surface area contributed by atoms with Crippen molar-refractivity contribution in [2.45, 2.75) is 77.4 Å². The highest BCUT2D eigenvalue weighted by Crippen LogP contribution is 2.34. The molecule has 0 spiro atoms. The third-order valence-electron chi connectivity index (χ3n) is 6.30. The molecular formula is C28H32F3N3O3. The molecule has 6 nitrogen and oxygen atoms in total. The fraction of sp³-hybridized carbons (Fsp3) is 0.429. The fourth-order valence-corrected chi connectivity index (χ4v) is 4.22. The van der Waals surface area contributed by atoms with Gasteiger partial charge in [-0.25, -0.2) is 0 Å². The topological polar surface area (TPSA) is 72.4 Å². The van der Waals surface area contributed by atoms with Crippen molar-refractivity contribution in [1.82, 2.24) is 15.2 Å². The smallest absolute Gasteiger partial charge is 0.406 e. The first-order valence-electron chi connectivity index (χ1n) is 12.2. The first-order chi connectivity index (χ1) is 17.1. The molecule has 0 radical (unpaired) electrons. The van der Waals surface area contributed by atoms with E-state index in [1.165, 1.54) is 24.3 Å². The van der Waals surface area contributed by atoms with E-state index in [4.69, 9.17) is 0 Å². The lowest BCUT2D eigenvalue weighted by Gasteiger charge is -2.24. The van der Waals surface area contributed by atoms with Crippen LogP contribution < -0.4 is 15.4 Å². The molecule has 2 aromatic carbocycles. The van der Waals surface area contributed by atoms with Crippen LogP contribution in [0.3, 0.4) is 0 Å². The number of aromatic nitrogens is 1. The van der Waals surface area contributed by atoms with E-state index < -0.39 is 17.3 Å². The Balaban J connectivity index is 1.74. The summed E-state index contributed by atoms with van der Waals surface area (Å²) >= 11 is 0. The second-order valence-corrected chi connectivity index (χ2v) is 11.1. The van der Waals surface area contributed by atoms with Gasteiger partial charge in [0.2, 0.25) is 11.8 Å². The van der Waals surface area contributed by atoms with Crippen molar-refractivity contribution in [3.05, 3.63) is 54.1 Å². The third-order valence-corrected chi connectivity index (χ3v) is 6.30. The highest BCUT2D eigenvalue weighted by atomic mass is 19.4. The molecule has 2 N–H and O–H groups in total. The van der Waals surface area contributed by atoms with Crippen molar-refractivity contribution in [2.24, 2.45) is 0 Å². The second kappa shape index (κ2) is 9.43. The number of rotatable bonds is 7. The maximum Gasteiger partial charge on any atom is 0.573 e. The molecule has 1 aliphatic rings.